The molecule has 0 N–H and O–H groups in total. The van der Waals surface area contributed by atoms with Crippen LogP contribution in [0.1, 0.15) is 42.7 Å². The number of rotatable bonds is 2. The maximum atomic E-state index is 13.3. The van der Waals surface area contributed by atoms with Gasteiger partial charge in [0, 0.05) is 35.7 Å². The second-order valence-corrected chi connectivity index (χ2v) is 8.07. The number of Topliss-reactive ketones (excluding diaryl/α,β-unsaturated/α-hetero) is 1. The van der Waals surface area contributed by atoms with Crippen molar-refractivity contribution in [2.45, 2.75) is 38.5 Å². The van der Waals surface area contributed by atoms with Crippen molar-refractivity contribution in [3.63, 3.8) is 0 Å². The zero-order valence-electron chi connectivity index (χ0n) is 16.5. The van der Waals surface area contributed by atoms with Gasteiger partial charge < -0.3 is 0 Å². The second-order valence-electron chi connectivity index (χ2n) is 8.07. The van der Waals surface area contributed by atoms with Crippen LogP contribution in [0.2, 0.25) is 0 Å². The molecule has 0 bridgehead atoms. The number of nitrogens with zero attached hydrogens (tertiary/aromatic N) is 1. The van der Waals surface area contributed by atoms with Crippen LogP contribution < -0.4 is 4.90 Å². The monoisotopic (exact) mass is 381 g/mol. The van der Waals surface area contributed by atoms with Crippen molar-refractivity contribution in [3.05, 3.63) is 89.1 Å². The van der Waals surface area contributed by atoms with Gasteiger partial charge in [-0.2, -0.15) is 0 Å². The summed E-state index contributed by atoms with van der Waals surface area (Å²) in [5.41, 5.74) is 4.84. The van der Waals surface area contributed by atoms with Gasteiger partial charge in [0.1, 0.15) is 0 Å². The summed E-state index contributed by atoms with van der Waals surface area (Å²) < 4.78 is 0. The highest BCUT2D eigenvalue weighted by atomic mass is 16.2. The number of aryl methyl sites for hydroxylation is 1. The van der Waals surface area contributed by atoms with Gasteiger partial charge in [0.15, 0.2) is 5.78 Å². The van der Waals surface area contributed by atoms with Crippen molar-refractivity contribution in [1.82, 2.24) is 0 Å². The summed E-state index contributed by atoms with van der Waals surface area (Å²) in [4.78, 5) is 28.1. The van der Waals surface area contributed by atoms with Gasteiger partial charge in [0.05, 0.1) is 0 Å². The molecule has 1 amide bonds. The van der Waals surface area contributed by atoms with Crippen LogP contribution in [0.3, 0.4) is 0 Å². The van der Waals surface area contributed by atoms with Crippen LogP contribution in [0.5, 0.6) is 0 Å². The minimum absolute atomic E-state index is 0.0688. The van der Waals surface area contributed by atoms with Gasteiger partial charge in [-0.25, -0.2) is 0 Å². The third-order valence-electron chi connectivity index (χ3n) is 6.15. The average molecular weight is 381 g/mol. The first-order valence-corrected chi connectivity index (χ1v) is 10.3. The molecule has 0 radical (unpaired) electrons. The van der Waals surface area contributed by atoms with Crippen LogP contribution in [-0.4, -0.2) is 11.7 Å². The van der Waals surface area contributed by atoms with Gasteiger partial charge in [-0.05, 0) is 48.2 Å². The smallest absolute Gasteiger partial charge is 0.232 e. The van der Waals surface area contributed by atoms with Crippen LogP contribution >= 0.6 is 0 Å². The third-order valence-corrected chi connectivity index (χ3v) is 6.15. The van der Waals surface area contributed by atoms with E-state index < -0.39 is 0 Å². The first-order chi connectivity index (χ1) is 14.1. The molecule has 0 fully saturated rings. The maximum Gasteiger partial charge on any atom is 0.232 e. The number of carbonyl (C=O) groups is 2. The van der Waals surface area contributed by atoms with Crippen molar-refractivity contribution < 1.29 is 9.59 Å². The lowest BCUT2D eigenvalue weighted by molar-refractivity contribution is -0.119. The Bertz CT molecular complexity index is 1160. The highest BCUT2D eigenvalue weighted by Gasteiger charge is 2.39. The quantitative estimate of drug-likeness (QED) is 0.573. The number of fused-ring (bicyclic) bond motifs is 1. The van der Waals surface area contributed by atoms with Crippen LogP contribution in [0, 0.1) is 6.92 Å². The van der Waals surface area contributed by atoms with Crippen LogP contribution in [0.25, 0.3) is 10.8 Å². The van der Waals surface area contributed by atoms with Gasteiger partial charge in [-0.15, -0.1) is 0 Å². The topological polar surface area (TPSA) is 37.4 Å². The van der Waals surface area contributed by atoms with E-state index in [-0.39, 0.29) is 17.6 Å². The molecule has 3 aromatic carbocycles. The molecular formula is C26H23NO2. The van der Waals surface area contributed by atoms with E-state index in [0.29, 0.717) is 12.8 Å². The van der Waals surface area contributed by atoms with Gasteiger partial charge in [0.2, 0.25) is 5.91 Å². The Balaban J connectivity index is 1.65. The Morgan fingerprint density at radius 2 is 1.62 bits per heavy atom. The average Bonchev–Trinajstić information content (AvgIpc) is 2.73. The van der Waals surface area contributed by atoms with E-state index in [1.165, 1.54) is 5.56 Å². The van der Waals surface area contributed by atoms with E-state index in [2.05, 4.69) is 48.5 Å². The number of hydrogen-bond acceptors (Lipinski definition) is 2. The maximum absolute atomic E-state index is 13.3. The number of anilines is 1. The van der Waals surface area contributed by atoms with Gasteiger partial charge in [-0.1, -0.05) is 60.2 Å². The van der Waals surface area contributed by atoms with Gasteiger partial charge >= 0.3 is 0 Å². The lowest BCUT2D eigenvalue weighted by atomic mass is 9.77. The predicted octanol–water partition coefficient (Wildman–Crippen LogP) is 5.68. The molecule has 0 saturated carbocycles. The number of carbonyl (C=O) groups excluding carboxylic acids is 2. The molecule has 144 valence electrons. The van der Waals surface area contributed by atoms with E-state index in [1.54, 1.807) is 0 Å². The lowest BCUT2D eigenvalue weighted by Crippen LogP contribution is -2.40. The zero-order valence-corrected chi connectivity index (χ0v) is 16.5. The minimum Gasteiger partial charge on any atom is -0.294 e. The molecule has 2 aliphatic rings. The Labute approximate surface area is 170 Å². The zero-order chi connectivity index (χ0) is 20.0. The first kappa shape index (κ1) is 17.9. The van der Waals surface area contributed by atoms with E-state index >= 15 is 0 Å². The number of amides is 1. The Kier molecular flexibility index (Phi) is 4.31. The van der Waals surface area contributed by atoms with E-state index in [4.69, 9.17) is 0 Å². The summed E-state index contributed by atoms with van der Waals surface area (Å²) in [6, 6.07) is 22.5. The first-order valence-electron chi connectivity index (χ1n) is 10.3. The third kappa shape index (κ3) is 3.07. The molecule has 1 heterocycles. The molecular weight excluding hydrogens is 358 g/mol. The summed E-state index contributed by atoms with van der Waals surface area (Å²) in [5.74, 6) is 0.122. The highest BCUT2D eigenvalue weighted by Crippen LogP contribution is 2.43. The van der Waals surface area contributed by atoms with Crippen molar-refractivity contribution >= 4 is 28.2 Å². The molecule has 0 spiro atoms. The molecule has 3 heteroatoms. The van der Waals surface area contributed by atoms with Crippen molar-refractivity contribution in [2.24, 2.45) is 0 Å². The Morgan fingerprint density at radius 1 is 0.862 bits per heavy atom. The predicted molar refractivity (Wildman–Crippen MR) is 116 cm³/mol. The second kappa shape index (κ2) is 7.00. The molecule has 1 aliphatic heterocycles. The number of ketones is 1. The van der Waals surface area contributed by atoms with Gasteiger partial charge in [0.25, 0.3) is 0 Å². The summed E-state index contributed by atoms with van der Waals surface area (Å²) in [5, 5.41) is 2.25. The number of hydrogen-bond donors (Lipinski definition) is 0. The Morgan fingerprint density at radius 3 is 2.41 bits per heavy atom. The summed E-state index contributed by atoms with van der Waals surface area (Å²) in [6.07, 6.45) is 2.47. The normalized spacial score (nSPS) is 19.6. The van der Waals surface area contributed by atoms with Gasteiger partial charge in [-0.3, -0.25) is 14.5 Å². The van der Waals surface area contributed by atoms with E-state index in [1.807, 2.05) is 30.0 Å². The molecule has 3 nitrogen and oxygen atoms in total. The molecule has 1 atom stereocenters. The highest BCUT2D eigenvalue weighted by molar-refractivity contribution is 6.08. The van der Waals surface area contributed by atoms with E-state index in [9.17, 15) is 9.59 Å². The number of benzene rings is 3. The molecule has 1 aliphatic carbocycles. The summed E-state index contributed by atoms with van der Waals surface area (Å²) in [6.45, 7) is 2.05. The van der Waals surface area contributed by atoms with Crippen LogP contribution in [0.4, 0.5) is 5.69 Å². The van der Waals surface area contributed by atoms with Crippen molar-refractivity contribution in [2.75, 3.05) is 4.90 Å². The number of allylic oxidation sites excluding steroid dienone is 2. The molecule has 1 unspecified atom stereocenters. The van der Waals surface area contributed by atoms with Crippen molar-refractivity contribution in [1.29, 1.82) is 0 Å². The molecule has 5 rings (SSSR count). The van der Waals surface area contributed by atoms with E-state index in [0.717, 1.165) is 46.1 Å². The van der Waals surface area contributed by atoms with Crippen molar-refractivity contribution in [3.8, 4) is 0 Å². The Hall–Kier alpha value is -3.20. The van der Waals surface area contributed by atoms with Crippen LogP contribution in [-0.2, 0) is 9.59 Å². The fourth-order valence-electron chi connectivity index (χ4n) is 4.69. The molecule has 3 aromatic rings. The lowest BCUT2D eigenvalue weighted by Gasteiger charge is -2.38. The minimum atomic E-state index is -0.136. The fraction of sp³-hybridized carbons (Fsp3) is 0.231. The van der Waals surface area contributed by atoms with Crippen LogP contribution in [0.15, 0.2) is 78.0 Å². The molecule has 0 aromatic heterocycles. The summed E-state index contributed by atoms with van der Waals surface area (Å²) >= 11 is 0. The molecule has 0 saturated heterocycles. The largest absolute Gasteiger partial charge is 0.294 e. The fourth-order valence-corrected chi connectivity index (χ4v) is 4.69. The molecule has 29 heavy (non-hydrogen) atoms. The standard InChI is InChI=1S/C26H23NO2/c1-17-9-11-19(12-10-17)22-16-25(29)27(23-7-4-8-24(28)26(22)23)21-14-13-18-5-2-3-6-20(18)15-21/h2-3,5-6,9-15,22H,4,7-8,16H2,1H3. The SMILES string of the molecule is Cc1ccc(C2CC(=O)N(c3ccc4ccccc4c3)C3=C2C(=O)CCC3)cc1. The summed E-state index contributed by atoms with van der Waals surface area (Å²) in [7, 11) is 0.